The number of fused-ring (bicyclic) bond motifs is 1. The molecule has 0 aliphatic carbocycles. The summed E-state index contributed by atoms with van der Waals surface area (Å²) in [6.45, 7) is 8.25. The lowest BCUT2D eigenvalue weighted by molar-refractivity contribution is 0.587. The number of halogens is 1. The van der Waals surface area contributed by atoms with Crippen LogP contribution in [0.25, 0.3) is 10.9 Å². The molecule has 3 aromatic rings. The van der Waals surface area contributed by atoms with Crippen LogP contribution < -0.4 is 5.32 Å². The van der Waals surface area contributed by atoms with Crippen LogP contribution in [0, 0.1) is 6.92 Å². The van der Waals surface area contributed by atoms with E-state index in [0.717, 1.165) is 23.7 Å². The zero-order chi connectivity index (χ0) is 16.4. The monoisotopic (exact) mass is 326 g/mol. The zero-order valence-electron chi connectivity index (χ0n) is 13.9. The van der Waals surface area contributed by atoms with E-state index in [0.29, 0.717) is 6.04 Å². The van der Waals surface area contributed by atoms with Crippen molar-refractivity contribution in [2.45, 2.75) is 39.9 Å². The van der Waals surface area contributed by atoms with Gasteiger partial charge in [-0.3, -0.25) is 0 Å². The number of nitrogens with zero attached hydrogens (tertiary/aromatic N) is 1. The van der Waals surface area contributed by atoms with Crippen molar-refractivity contribution in [1.29, 1.82) is 0 Å². The summed E-state index contributed by atoms with van der Waals surface area (Å²) in [5, 5.41) is 5.69. The van der Waals surface area contributed by atoms with Crippen molar-refractivity contribution in [2.24, 2.45) is 0 Å². The number of para-hydroxylation sites is 1. The highest BCUT2D eigenvalue weighted by Crippen LogP contribution is 2.28. The molecule has 0 bridgehead atoms. The van der Waals surface area contributed by atoms with Gasteiger partial charge in [-0.25, -0.2) is 0 Å². The Labute approximate surface area is 143 Å². The van der Waals surface area contributed by atoms with Crippen LogP contribution in [0.2, 0.25) is 5.02 Å². The molecule has 120 valence electrons. The number of aromatic nitrogens is 1. The van der Waals surface area contributed by atoms with Crippen LogP contribution >= 0.6 is 11.6 Å². The number of rotatable bonds is 5. The van der Waals surface area contributed by atoms with Gasteiger partial charge < -0.3 is 9.88 Å². The minimum atomic E-state index is 0.472. The third-order valence-corrected chi connectivity index (χ3v) is 4.70. The van der Waals surface area contributed by atoms with Crippen LogP contribution in [0.5, 0.6) is 0 Å². The second-order valence-electron chi connectivity index (χ2n) is 6.29. The smallest absolute Gasteiger partial charge is 0.0493 e. The number of hydrogen-bond donors (Lipinski definition) is 1. The van der Waals surface area contributed by atoms with Crippen molar-refractivity contribution in [1.82, 2.24) is 9.88 Å². The number of nitrogens with one attached hydrogen (secondary N) is 1. The third-order valence-electron chi connectivity index (χ3n) is 4.33. The van der Waals surface area contributed by atoms with Gasteiger partial charge >= 0.3 is 0 Å². The Kier molecular flexibility index (Phi) is 4.74. The van der Waals surface area contributed by atoms with Crippen LogP contribution in [-0.2, 0) is 13.1 Å². The van der Waals surface area contributed by atoms with Crippen molar-refractivity contribution in [3.63, 3.8) is 0 Å². The van der Waals surface area contributed by atoms with Gasteiger partial charge in [-0.15, -0.1) is 0 Å². The predicted molar refractivity (Wildman–Crippen MR) is 99.2 cm³/mol. The average Bonchev–Trinajstić information content (AvgIpc) is 2.80. The van der Waals surface area contributed by atoms with E-state index in [-0.39, 0.29) is 0 Å². The van der Waals surface area contributed by atoms with Gasteiger partial charge in [0.25, 0.3) is 0 Å². The number of hydrogen-bond acceptors (Lipinski definition) is 1. The molecule has 2 aromatic carbocycles. The molecule has 0 saturated heterocycles. The Morgan fingerprint density at radius 2 is 1.74 bits per heavy atom. The molecule has 0 radical (unpaired) electrons. The van der Waals surface area contributed by atoms with Gasteiger partial charge in [-0.05, 0) is 30.2 Å². The van der Waals surface area contributed by atoms with E-state index in [9.17, 15) is 0 Å². The summed E-state index contributed by atoms with van der Waals surface area (Å²) >= 11 is 6.36. The molecule has 1 N–H and O–H groups in total. The Morgan fingerprint density at radius 1 is 1.04 bits per heavy atom. The third kappa shape index (κ3) is 3.29. The lowest BCUT2D eigenvalue weighted by atomic mass is 10.1. The molecule has 0 spiro atoms. The van der Waals surface area contributed by atoms with Crippen molar-refractivity contribution < 1.29 is 0 Å². The van der Waals surface area contributed by atoms with E-state index in [1.165, 1.54) is 22.2 Å². The van der Waals surface area contributed by atoms with Crippen molar-refractivity contribution in [3.8, 4) is 0 Å². The Morgan fingerprint density at radius 3 is 2.48 bits per heavy atom. The maximum Gasteiger partial charge on any atom is 0.0493 e. The topological polar surface area (TPSA) is 17.0 Å². The molecule has 0 aliphatic rings. The first-order valence-corrected chi connectivity index (χ1v) is 8.49. The molecule has 0 atom stereocenters. The fourth-order valence-corrected chi connectivity index (χ4v) is 3.23. The average molecular weight is 327 g/mol. The largest absolute Gasteiger partial charge is 0.340 e. The highest BCUT2D eigenvalue weighted by atomic mass is 35.5. The molecule has 23 heavy (non-hydrogen) atoms. The second kappa shape index (κ2) is 6.77. The van der Waals surface area contributed by atoms with Crippen LogP contribution in [-0.4, -0.2) is 10.6 Å². The van der Waals surface area contributed by atoms with Gasteiger partial charge in [0.15, 0.2) is 0 Å². The first kappa shape index (κ1) is 16.1. The van der Waals surface area contributed by atoms with E-state index in [1.54, 1.807) is 0 Å². The predicted octanol–water partition coefficient (Wildman–Crippen LogP) is 5.15. The molecular weight excluding hydrogens is 304 g/mol. The van der Waals surface area contributed by atoms with Crippen molar-refractivity contribution in [2.75, 3.05) is 0 Å². The minimum absolute atomic E-state index is 0.472. The van der Waals surface area contributed by atoms with E-state index >= 15 is 0 Å². The van der Waals surface area contributed by atoms with Crippen molar-refractivity contribution >= 4 is 22.5 Å². The van der Waals surface area contributed by atoms with Gasteiger partial charge in [0.1, 0.15) is 0 Å². The van der Waals surface area contributed by atoms with Crippen LogP contribution in [0.3, 0.4) is 0 Å². The fourth-order valence-electron chi connectivity index (χ4n) is 3.03. The SMILES string of the molecule is Cc1c(CNC(C)C)c2ccccc2n1Cc1ccccc1Cl. The van der Waals surface area contributed by atoms with Gasteiger partial charge in [0.2, 0.25) is 0 Å². The van der Waals surface area contributed by atoms with Gasteiger partial charge in [-0.1, -0.05) is 61.8 Å². The second-order valence-corrected chi connectivity index (χ2v) is 6.70. The van der Waals surface area contributed by atoms with Crippen LogP contribution in [0.4, 0.5) is 0 Å². The Bertz CT molecular complexity index is 818. The van der Waals surface area contributed by atoms with Gasteiger partial charge in [0, 0.05) is 40.8 Å². The molecule has 1 aromatic heterocycles. The molecule has 1 heterocycles. The van der Waals surface area contributed by atoms with E-state index < -0.39 is 0 Å². The van der Waals surface area contributed by atoms with E-state index in [4.69, 9.17) is 11.6 Å². The molecule has 0 saturated carbocycles. The molecule has 3 heteroatoms. The van der Waals surface area contributed by atoms with Crippen molar-refractivity contribution in [3.05, 3.63) is 70.4 Å². The summed E-state index contributed by atoms with van der Waals surface area (Å²) < 4.78 is 2.37. The van der Waals surface area contributed by atoms with Crippen LogP contribution in [0.15, 0.2) is 48.5 Å². The van der Waals surface area contributed by atoms with Gasteiger partial charge in [-0.2, -0.15) is 0 Å². The van der Waals surface area contributed by atoms with E-state index in [1.807, 2.05) is 18.2 Å². The summed E-state index contributed by atoms with van der Waals surface area (Å²) in [7, 11) is 0. The first-order chi connectivity index (χ1) is 11.1. The summed E-state index contributed by atoms with van der Waals surface area (Å²) in [4.78, 5) is 0. The quantitative estimate of drug-likeness (QED) is 0.686. The molecule has 3 rings (SSSR count). The molecular formula is C20H23ClN2. The molecule has 0 aliphatic heterocycles. The minimum Gasteiger partial charge on any atom is -0.340 e. The fraction of sp³-hybridized carbons (Fsp3) is 0.300. The highest BCUT2D eigenvalue weighted by molar-refractivity contribution is 6.31. The first-order valence-electron chi connectivity index (χ1n) is 8.11. The van der Waals surface area contributed by atoms with E-state index in [2.05, 4.69) is 61.0 Å². The lowest BCUT2D eigenvalue weighted by Gasteiger charge is -2.11. The normalized spacial score (nSPS) is 11.5. The Balaban J connectivity index is 2.06. The molecule has 0 amide bonds. The maximum atomic E-state index is 6.36. The number of benzene rings is 2. The lowest BCUT2D eigenvalue weighted by Crippen LogP contribution is -2.22. The molecule has 0 fully saturated rings. The maximum absolute atomic E-state index is 6.36. The zero-order valence-corrected chi connectivity index (χ0v) is 14.7. The van der Waals surface area contributed by atoms with Gasteiger partial charge in [0.05, 0.1) is 0 Å². The molecule has 2 nitrogen and oxygen atoms in total. The standard InChI is InChI=1S/C20H23ClN2/c1-14(2)22-12-18-15(3)23(20-11-7-5-9-17(18)20)13-16-8-4-6-10-19(16)21/h4-11,14,22H,12-13H2,1-3H3. The highest BCUT2D eigenvalue weighted by Gasteiger charge is 2.14. The summed E-state index contributed by atoms with van der Waals surface area (Å²) in [6.07, 6.45) is 0. The summed E-state index contributed by atoms with van der Waals surface area (Å²) in [5.41, 5.74) is 5.10. The van der Waals surface area contributed by atoms with Crippen LogP contribution in [0.1, 0.15) is 30.7 Å². The summed E-state index contributed by atoms with van der Waals surface area (Å²) in [6, 6.07) is 17.2. The molecule has 0 unspecified atom stereocenters. The Hall–Kier alpha value is -1.77. The summed E-state index contributed by atoms with van der Waals surface area (Å²) in [5.74, 6) is 0.